The van der Waals surface area contributed by atoms with E-state index in [0.717, 1.165) is 4.90 Å². The predicted octanol–water partition coefficient (Wildman–Crippen LogP) is 4.64. The molecule has 1 rings (SSSR count). The van der Waals surface area contributed by atoms with Crippen molar-refractivity contribution in [2.45, 2.75) is 20.9 Å². The van der Waals surface area contributed by atoms with Crippen molar-refractivity contribution in [3.05, 3.63) is 42.2 Å². The number of ether oxygens (including phenoxy) is 1. The number of halogens is 3. The number of thioether (sulfide) groups is 1. The largest absolute Gasteiger partial charge is 0.500 e. The normalized spacial score (nSPS) is 14.1. The maximum Gasteiger partial charge on any atom is 0.252 e. The summed E-state index contributed by atoms with van der Waals surface area (Å²) in [5.74, 6) is -0.153. The van der Waals surface area contributed by atoms with E-state index in [4.69, 9.17) is 39.5 Å². The van der Waals surface area contributed by atoms with Crippen molar-refractivity contribution in [1.82, 2.24) is 0 Å². The topological polar surface area (TPSA) is 26.3 Å². The van der Waals surface area contributed by atoms with E-state index >= 15 is 0 Å². The fourth-order valence-corrected chi connectivity index (χ4v) is 2.48. The second-order valence-electron chi connectivity index (χ2n) is 3.69. The number of methoxy groups -OCH3 is 1. The molecule has 0 aliphatic carbocycles. The van der Waals surface area contributed by atoms with Crippen LogP contribution in [-0.4, -0.2) is 21.9 Å². The van der Waals surface area contributed by atoms with E-state index in [0.29, 0.717) is 5.76 Å². The van der Waals surface area contributed by atoms with Crippen LogP contribution in [-0.2, 0) is 9.53 Å². The average Bonchev–Trinajstić information content (AvgIpc) is 2.35. The Labute approximate surface area is 132 Å². The number of ketones is 1. The molecule has 6 heteroatoms. The lowest BCUT2D eigenvalue weighted by molar-refractivity contribution is -0.114. The number of carbonyl (C=O) groups excluding carboxylic acids is 1. The third kappa shape index (κ3) is 5.65. The van der Waals surface area contributed by atoms with Gasteiger partial charge in [0, 0.05) is 11.0 Å². The van der Waals surface area contributed by atoms with E-state index in [1.807, 2.05) is 37.3 Å². The van der Waals surface area contributed by atoms with Crippen LogP contribution < -0.4 is 0 Å². The van der Waals surface area contributed by atoms with Crippen molar-refractivity contribution in [3.63, 3.8) is 0 Å². The monoisotopic (exact) mass is 338 g/mol. The van der Waals surface area contributed by atoms with Crippen LogP contribution in [0.4, 0.5) is 0 Å². The summed E-state index contributed by atoms with van der Waals surface area (Å²) in [7, 11) is 1.49. The molecule has 19 heavy (non-hydrogen) atoms. The summed E-state index contributed by atoms with van der Waals surface area (Å²) in [6, 6.07) is 9.78. The van der Waals surface area contributed by atoms with Gasteiger partial charge in [-0.3, -0.25) is 4.79 Å². The first-order chi connectivity index (χ1) is 8.84. The minimum atomic E-state index is -1.96. The Kier molecular flexibility index (Phi) is 6.54. The molecule has 104 valence electrons. The summed E-state index contributed by atoms with van der Waals surface area (Å²) < 4.78 is 3.24. The number of hydrogen-bond acceptors (Lipinski definition) is 3. The Morgan fingerprint density at radius 1 is 1.32 bits per heavy atom. The van der Waals surface area contributed by atoms with Gasteiger partial charge >= 0.3 is 0 Å². The second-order valence-corrected chi connectivity index (χ2v) is 7.38. The molecule has 0 spiro atoms. The van der Waals surface area contributed by atoms with Crippen molar-refractivity contribution >= 4 is 52.3 Å². The second kappa shape index (κ2) is 7.44. The summed E-state index contributed by atoms with van der Waals surface area (Å²) in [6.07, 6.45) is 1.23. The molecule has 1 aromatic carbocycles. The van der Waals surface area contributed by atoms with Gasteiger partial charge in [-0.25, -0.2) is 0 Å². The van der Waals surface area contributed by atoms with Gasteiger partial charge in [0.2, 0.25) is 5.78 Å². The molecule has 0 radical (unpaired) electrons. The van der Waals surface area contributed by atoms with Crippen LogP contribution in [0.3, 0.4) is 0 Å². The van der Waals surface area contributed by atoms with E-state index in [2.05, 4.69) is 0 Å². The fourth-order valence-electron chi connectivity index (χ4n) is 1.31. The minimum absolute atomic E-state index is 0.0660. The first-order valence-electron chi connectivity index (χ1n) is 5.43. The Balaban J connectivity index is 2.80. The van der Waals surface area contributed by atoms with Gasteiger partial charge < -0.3 is 4.74 Å². The molecule has 2 nitrogen and oxygen atoms in total. The molecule has 1 aromatic rings. The van der Waals surface area contributed by atoms with E-state index in [1.165, 1.54) is 13.2 Å². The lowest BCUT2D eigenvalue weighted by atomic mass is 10.3. The van der Waals surface area contributed by atoms with Crippen molar-refractivity contribution < 1.29 is 9.53 Å². The summed E-state index contributed by atoms with van der Waals surface area (Å²) >= 11 is 18.1. The highest BCUT2D eigenvalue weighted by Crippen LogP contribution is 2.31. The van der Waals surface area contributed by atoms with E-state index in [-0.39, 0.29) is 5.25 Å². The molecule has 0 fully saturated rings. The van der Waals surface area contributed by atoms with Gasteiger partial charge in [-0.1, -0.05) is 53.0 Å². The minimum Gasteiger partial charge on any atom is -0.500 e. The third-order valence-electron chi connectivity index (χ3n) is 2.25. The van der Waals surface area contributed by atoms with Crippen LogP contribution in [0.5, 0.6) is 0 Å². The summed E-state index contributed by atoms with van der Waals surface area (Å²) in [4.78, 5) is 12.7. The zero-order valence-electron chi connectivity index (χ0n) is 10.4. The molecular weight excluding hydrogens is 327 g/mol. The summed E-state index contributed by atoms with van der Waals surface area (Å²) in [5, 5.41) is -0.0660. The zero-order chi connectivity index (χ0) is 14.5. The summed E-state index contributed by atoms with van der Waals surface area (Å²) in [5.41, 5.74) is 0. The van der Waals surface area contributed by atoms with Crippen LogP contribution in [0.2, 0.25) is 0 Å². The van der Waals surface area contributed by atoms with E-state index in [1.54, 1.807) is 11.8 Å². The van der Waals surface area contributed by atoms with E-state index in [9.17, 15) is 4.79 Å². The number of carbonyl (C=O) groups is 1. The van der Waals surface area contributed by atoms with Crippen molar-refractivity contribution in [2.24, 2.45) is 0 Å². The maximum atomic E-state index is 11.6. The molecule has 1 unspecified atom stereocenters. The molecule has 1 atom stereocenters. The van der Waals surface area contributed by atoms with Crippen molar-refractivity contribution in [2.75, 3.05) is 7.11 Å². The highest BCUT2D eigenvalue weighted by molar-refractivity contribution is 8.00. The molecule has 0 saturated heterocycles. The molecule has 0 aliphatic rings. The van der Waals surface area contributed by atoms with Crippen LogP contribution >= 0.6 is 46.6 Å². The predicted molar refractivity (Wildman–Crippen MR) is 82.2 cm³/mol. The van der Waals surface area contributed by atoms with Crippen LogP contribution in [0.25, 0.3) is 0 Å². The Bertz CT molecular complexity index is 455. The molecule has 0 saturated carbocycles. The quantitative estimate of drug-likeness (QED) is 0.338. The average molecular weight is 340 g/mol. The Hall–Kier alpha value is -0.350. The van der Waals surface area contributed by atoms with Gasteiger partial charge in [0.05, 0.1) is 12.4 Å². The van der Waals surface area contributed by atoms with Gasteiger partial charge in [-0.15, -0.1) is 11.8 Å². The standard InChI is InChI=1S/C13H13Cl3O2S/c1-9(19-10-6-4-3-5-7-10)11(18-2)8-12(17)13(14,15)16/h3-9H,1-2H3/b11-8+. The number of rotatable bonds is 5. The zero-order valence-corrected chi connectivity index (χ0v) is 13.5. The lowest BCUT2D eigenvalue weighted by Crippen LogP contribution is -2.18. The highest BCUT2D eigenvalue weighted by atomic mass is 35.6. The van der Waals surface area contributed by atoms with E-state index < -0.39 is 9.58 Å². The SMILES string of the molecule is CO/C(=C/C(=O)C(Cl)(Cl)Cl)C(C)Sc1ccccc1. The van der Waals surface area contributed by atoms with Crippen LogP contribution in [0.1, 0.15) is 6.92 Å². The van der Waals surface area contributed by atoms with Crippen molar-refractivity contribution in [1.29, 1.82) is 0 Å². The smallest absolute Gasteiger partial charge is 0.252 e. The molecule has 0 aliphatic heterocycles. The highest BCUT2D eigenvalue weighted by Gasteiger charge is 2.29. The van der Waals surface area contributed by atoms with Gasteiger partial charge in [0.1, 0.15) is 5.76 Å². The molecule has 0 bridgehead atoms. The Morgan fingerprint density at radius 3 is 2.37 bits per heavy atom. The van der Waals surface area contributed by atoms with Gasteiger partial charge in [-0.2, -0.15) is 0 Å². The third-order valence-corrected chi connectivity index (χ3v) is 3.93. The van der Waals surface area contributed by atoms with Gasteiger partial charge in [-0.05, 0) is 19.1 Å². The molecule has 0 N–H and O–H groups in total. The number of allylic oxidation sites excluding steroid dienone is 1. The number of alkyl halides is 3. The molecule has 0 aromatic heterocycles. The fraction of sp³-hybridized carbons (Fsp3) is 0.308. The number of benzene rings is 1. The molecule has 0 amide bonds. The van der Waals surface area contributed by atoms with Crippen LogP contribution in [0.15, 0.2) is 47.1 Å². The van der Waals surface area contributed by atoms with Gasteiger partial charge in [0.25, 0.3) is 3.79 Å². The van der Waals surface area contributed by atoms with Crippen LogP contribution in [0, 0.1) is 0 Å². The van der Waals surface area contributed by atoms with Crippen molar-refractivity contribution in [3.8, 4) is 0 Å². The molecular formula is C13H13Cl3O2S. The lowest BCUT2D eigenvalue weighted by Gasteiger charge is -2.15. The van der Waals surface area contributed by atoms with Gasteiger partial charge in [0.15, 0.2) is 0 Å². The molecule has 0 heterocycles. The number of hydrogen-bond donors (Lipinski definition) is 0. The first kappa shape index (κ1) is 16.7. The summed E-state index contributed by atoms with van der Waals surface area (Å²) in [6.45, 7) is 1.92. The maximum absolute atomic E-state index is 11.6. The first-order valence-corrected chi connectivity index (χ1v) is 7.44. The Morgan fingerprint density at radius 2 is 1.89 bits per heavy atom.